The van der Waals surface area contributed by atoms with Gasteiger partial charge in [-0.2, -0.15) is 0 Å². The monoisotopic (exact) mass is 261 g/mol. The summed E-state index contributed by atoms with van der Waals surface area (Å²) in [5.41, 5.74) is 0.940. The van der Waals surface area contributed by atoms with E-state index in [0.29, 0.717) is 11.1 Å². The van der Waals surface area contributed by atoms with E-state index < -0.39 is 6.72 Å². The van der Waals surface area contributed by atoms with Crippen molar-refractivity contribution >= 4 is 30.3 Å². The number of carbonyl (C=O) groups excluding carboxylic acids is 2. The summed E-state index contributed by atoms with van der Waals surface area (Å²) in [5, 5.41) is 2.20. The predicted octanol–water partition coefficient (Wildman–Crippen LogP) is -0.242. The largest absolute Gasteiger partial charge is 0.325 e. The van der Waals surface area contributed by atoms with E-state index in [4.69, 9.17) is 14.7 Å². The molecule has 2 rings (SSSR count). The Morgan fingerprint density at radius 2 is 1.31 bits per heavy atom. The van der Waals surface area contributed by atoms with E-state index in [2.05, 4.69) is 17.1 Å². The number of benzene rings is 1. The first kappa shape index (κ1) is 13.0. The fourth-order valence-corrected chi connectivity index (χ4v) is 1.12. The van der Waals surface area contributed by atoms with Gasteiger partial charge in [0.15, 0.2) is 0 Å². The average molecular weight is 261 g/mol. The summed E-state index contributed by atoms with van der Waals surface area (Å²) in [7, 11) is 0. The summed E-state index contributed by atoms with van der Waals surface area (Å²) in [6.07, 6.45) is 0. The minimum Gasteiger partial charge on any atom is -0.325 e. The van der Waals surface area contributed by atoms with E-state index >= 15 is 0 Å². The molecular formula is C8H8NO5PS. The Balaban J connectivity index is 0.000000221. The molecule has 0 saturated heterocycles. The van der Waals surface area contributed by atoms with Crippen molar-refractivity contribution in [2.75, 3.05) is 0 Å². The van der Waals surface area contributed by atoms with E-state index in [9.17, 15) is 9.59 Å². The van der Waals surface area contributed by atoms with E-state index in [1.165, 1.54) is 0 Å². The minimum absolute atomic E-state index is 0.300. The normalized spacial score (nSPS) is 13.7. The van der Waals surface area contributed by atoms with Gasteiger partial charge < -0.3 is 14.7 Å². The molecular weight excluding hydrogens is 253 g/mol. The van der Waals surface area contributed by atoms with Crippen molar-refractivity contribution in [2.45, 2.75) is 0 Å². The van der Waals surface area contributed by atoms with Gasteiger partial charge in [0.25, 0.3) is 11.8 Å². The molecule has 0 bridgehead atoms. The van der Waals surface area contributed by atoms with Crippen LogP contribution in [0.15, 0.2) is 24.3 Å². The third-order valence-corrected chi connectivity index (χ3v) is 1.64. The lowest BCUT2D eigenvalue weighted by Crippen LogP contribution is -2.19. The zero-order chi connectivity index (χ0) is 12.3. The Labute approximate surface area is 95.8 Å². The van der Waals surface area contributed by atoms with Crippen molar-refractivity contribution in [1.29, 1.82) is 0 Å². The number of fused-ring (bicyclic) bond motifs is 1. The number of imide groups is 1. The molecule has 86 valence electrons. The van der Waals surface area contributed by atoms with Gasteiger partial charge in [-0.15, -0.1) is 0 Å². The van der Waals surface area contributed by atoms with Crippen molar-refractivity contribution in [2.24, 2.45) is 0 Å². The molecule has 1 aromatic carbocycles. The molecule has 0 spiro atoms. The van der Waals surface area contributed by atoms with Gasteiger partial charge in [-0.3, -0.25) is 14.9 Å². The lowest BCUT2D eigenvalue weighted by Gasteiger charge is -1.88. The van der Waals surface area contributed by atoms with Crippen LogP contribution >= 0.6 is 6.72 Å². The van der Waals surface area contributed by atoms with Crippen LogP contribution in [0.25, 0.3) is 0 Å². The molecule has 1 aliphatic heterocycles. The molecule has 16 heavy (non-hydrogen) atoms. The molecule has 1 aliphatic rings. The molecule has 0 saturated carbocycles. The summed E-state index contributed by atoms with van der Waals surface area (Å²) in [5.74, 6) is -0.601. The van der Waals surface area contributed by atoms with Crippen molar-refractivity contribution in [3.63, 3.8) is 0 Å². The Morgan fingerprint density at radius 3 is 1.62 bits per heavy atom. The quantitative estimate of drug-likeness (QED) is 0.379. The zero-order valence-electron chi connectivity index (χ0n) is 7.82. The topological polar surface area (TPSA) is 107 Å². The lowest BCUT2D eigenvalue weighted by atomic mass is 10.1. The molecule has 8 heteroatoms. The molecule has 0 aromatic heterocycles. The molecule has 1 heterocycles. The number of hydrogen-bond donors (Lipinski definition) is 4. The molecule has 0 unspecified atom stereocenters. The second kappa shape index (κ2) is 4.82. The zero-order valence-corrected chi connectivity index (χ0v) is 9.53. The maximum Gasteiger partial charge on any atom is 0.319 e. The fourth-order valence-electron chi connectivity index (χ4n) is 1.12. The molecule has 0 atom stereocenters. The molecule has 0 aliphatic carbocycles. The molecule has 0 fully saturated rings. The maximum absolute atomic E-state index is 10.9. The van der Waals surface area contributed by atoms with E-state index in [1.807, 2.05) is 0 Å². The predicted molar refractivity (Wildman–Crippen MR) is 59.2 cm³/mol. The van der Waals surface area contributed by atoms with Gasteiger partial charge >= 0.3 is 6.72 Å². The van der Waals surface area contributed by atoms with Crippen LogP contribution in [0.3, 0.4) is 0 Å². The maximum atomic E-state index is 10.9. The van der Waals surface area contributed by atoms with Crippen LogP contribution in [0, 0.1) is 0 Å². The Kier molecular flexibility index (Phi) is 3.90. The molecule has 6 nitrogen and oxygen atoms in total. The second-order valence-corrected chi connectivity index (χ2v) is 5.34. The SMILES string of the molecule is O=C1NC(=O)c2ccccc21.OP(O)(O)=S. The highest BCUT2D eigenvalue weighted by atomic mass is 32.5. The lowest BCUT2D eigenvalue weighted by molar-refractivity contribution is 0.0879. The van der Waals surface area contributed by atoms with Crippen molar-refractivity contribution in [1.82, 2.24) is 5.32 Å². The van der Waals surface area contributed by atoms with Gasteiger partial charge in [0, 0.05) is 0 Å². The first-order valence-corrected chi connectivity index (χ1v) is 6.68. The number of hydrogen-bond acceptors (Lipinski definition) is 3. The van der Waals surface area contributed by atoms with Crippen LogP contribution in [-0.4, -0.2) is 26.5 Å². The van der Waals surface area contributed by atoms with E-state index in [-0.39, 0.29) is 11.8 Å². The Bertz CT molecular complexity index is 442. The smallest absolute Gasteiger partial charge is 0.319 e. The Morgan fingerprint density at radius 1 is 1.00 bits per heavy atom. The third kappa shape index (κ3) is 3.80. The highest BCUT2D eigenvalue weighted by Crippen LogP contribution is 2.26. The standard InChI is InChI=1S/C8H5NO2.H3O3PS/c10-7-5-3-1-2-4-6(5)8(11)9-7;1-4(2,3)5/h1-4H,(H,9,10,11);(H3,1,2,3,5). The van der Waals surface area contributed by atoms with Gasteiger partial charge in [-0.25, -0.2) is 0 Å². The molecule has 0 radical (unpaired) electrons. The minimum atomic E-state index is -3.81. The third-order valence-electron chi connectivity index (χ3n) is 1.64. The van der Waals surface area contributed by atoms with Gasteiger partial charge in [0.2, 0.25) is 0 Å². The number of rotatable bonds is 0. The Hall–Kier alpha value is -1.11. The highest BCUT2D eigenvalue weighted by Gasteiger charge is 2.25. The first-order valence-electron chi connectivity index (χ1n) is 4.02. The summed E-state index contributed by atoms with van der Waals surface area (Å²) in [6, 6.07) is 6.74. The number of carbonyl (C=O) groups is 2. The van der Waals surface area contributed by atoms with Crippen molar-refractivity contribution in [3.05, 3.63) is 35.4 Å². The molecule has 4 N–H and O–H groups in total. The van der Waals surface area contributed by atoms with Crippen LogP contribution in [0.5, 0.6) is 0 Å². The number of nitrogens with one attached hydrogen (secondary N) is 1. The fraction of sp³-hybridized carbons (Fsp3) is 0. The number of amides is 2. The summed E-state index contributed by atoms with van der Waals surface area (Å²) >= 11 is 3.60. The van der Waals surface area contributed by atoms with Crippen LogP contribution in [0.2, 0.25) is 0 Å². The van der Waals surface area contributed by atoms with Crippen molar-refractivity contribution in [3.8, 4) is 0 Å². The van der Waals surface area contributed by atoms with Gasteiger partial charge in [-0.1, -0.05) is 12.1 Å². The van der Waals surface area contributed by atoms with Crippen LogP contribution < -0.4 is 5.32 Å². The van der Waals surface area contributed by atoms with Gasteiger partial charge in [0.05, 0.1) is 11.1 Å². The summed E-state index contributed by atoms with van der Waals surface area (Å²) in [6.45, 7) is -3.81. The summed E-state index contributed by atoms with van der Waals surface area (Å²) in [4.78, 5) is 44.6. The van der Waals surface area contributed by atoms with E-state index in [0.717, 1.165) is 0 Å². The van der Waals surface area contributed by atoms with Crippen LogP contribution in [0.4, 0.5) is 0 Å². The van der Waals surface area contributed by atoms with Crippen LogP contribution in [-0.2, 0) is 11.8 Å². The highest BCUT2D eigenvalue weighted by molar-refractivity contribution is 8.06. The molecule has 2 amide bonds. The van der Waals surface area contributed by atoms with Gasteiger partial charge in [0.1, 0.15) is 0 Å². The average Bonchev–Trinajstić information content (AvgIpc) is 2.41. The van der Waals surface area contributed by atoms with E-state index in [1.54, 1.807) is 24.3 Å². The van der Waals surface area contributed by atoms with Crippen LogP contribution in [0.1, 0.15) is 20.7 Å². The van der Waals surface area contributed by atoms with Crippen molar-refractivity contribution < 1.29 is 24.3 Å². The molecule has 1 aromatic rings. The second-order valence-electron chi connectivity index (χ2n) is 2.84. The van der Waals surface area contributed by atoms with Gasteiger partial charge in [-0.05, 0) is 23.9 Å². The summed E-state index contributed by atoms with van der Waals surface area (Å²) < 4.78 is 0. The first-order chi connectivity index (χ1) is 7.29.